The number of benzene rings is 3. The van der Waals surface area contributed by atoms with Crippen molar-refractivity contribution in [2.75, 3.05) is 11.9 Å². The first-order chi connectivity index (χ1) is 13.9. The van der Waals surface area contributed by atoms with Gasteiger partial charge in [0.15, 0.2) is 11.5 Å². The fourth-order valence-electron chi connectivity index (χ4n) is 2.83. The minimum atomic E-state index is -3.94. The van der Waals surface area contributed by atoms with Gasteiger partial charge in [-0.25, -0.2) is 0 Å². The second kappa shape index (κ2) is 9.01. The van der Waals surface area contributed by atoms with Gasteiger partial charge in [0.2, 0.25) is 0 Å². The van der Waals surface area contributed by atoms with Crippen molar-refractivity contribution in [2.24, 2.45) is 0 Å². The van der Waals surface area contributed by atoms with Crippen molar-refractivity contribution in [3.8, 4) is 11.5 Å². The third-order valence-corrected chi connectivity index (χ3v) is 5.58. The number of aryl methyl sites for hydroxylation is 2. The molecule has 0 aliphatic heterocycles. The van der Waals surface area contributed by atoms with Crippen molar-refractivity contribution in [2.45, 2.75) is 32.2 Å². The van der Waals surface area contributed by atoms with E-state index in [-0.39, 0.29) is 10.6 Å². The Morgan fingerprint density at radius 1 is 0.862 bits per heavy atom. The molecule has 0 bridgehead atoms. The number of hydrogen-bond donors (Lipinski definition) is 1. The third-order valence-electron chi connectivity index (χ3n) is 4.33. The molecule has 0 saturated carbocycles. The molecule has 0 aliphatic carbocycles. The molecule has 0 radical (unpaired) electrons. The van der Waals surface area contributed by atoms with Crippen LogP contribution >= 0.6 is 0 Å². The molecular formula is C23H25NO4S. The minimum absolute atomic E-state index is 0.107. The molecule has 0 spiro atoms. The Labute approximate surface area is 172 Å². The highest BCUT2D eigenvalue weighted by molar-refractivity contribution is 7.87. The molecule has 0 aromatic heterocycles. The SMILES string of the molecule is CCOc1cc(CNc2cccc(C)c2)ccc1OS(=O)(=O)c1ccc(C)cc1. The maximum atomic E-state index is 12.6. The number of ether oxygens (including phenoxy) is 1. The summed E-state index contributed by atoms with van der Waals surface area (Å²) in [4.78, 5) is 0.107. The Kier molecular flexibility index (Phi) is 6.44. The lowest BCUT2D eigenvalue weighted by Crippen LogP contribution is -2.11. The van der Waals surface area contributed by atoms with E-state index >= 15 is 0 Å². The minimum Gasteiger partial charge on any atom is -0.490 e. The molecule has 0 aliphatic rings. The van der Waals surface area contributed by atoms with Gasteiger partial charge in [-0.05, 0) is 68.3 Å². The highest BCUT2D eigenvalue weighted by atomic mass is 32.2. The van der Waals surface area contributed by atoms with Crippen LogP contribution in [0.4, 0.5) is 5.69 Å². The standard InChI is InChI=1S/C23H25NO4S/c1-4-27-23-15-19(16-24-20-7-5-6-18(3)14-20)10-13-22(23)28-29(25,26)21-11-8-17(2)9-12-21/h5-15,24H,4,16H2,1-3H3. The first-order valence-electron chi connectivity index (χ1n) is 9.45. The zero-order valence-electron chi connectivity index (χ0n) is 16.8. The number of anilines is 1. The summed E-state index contributed by atoms with van der Waals surface area (Å²) in [7, 11) is -3.94. The van der Waals surface area contributed by atoms with Gasteiger partial charge < -0.3 is 14.2 Å². The third kappa shape index (κ3) is 5.51. The van der Waals surface area contributed by atoms with E-state index in [9.17, 15) is 8.42 Å². The largest absolute Gasteiger partial charge is 0.490 e. The van der Waals surface area contributed by atoms with Crippen LogP contribution in [-0.4, -0.2) is 15.0 Å². The van der Waals surface area contributed by atoms with Crippen molar-refractivity contribution in [1.82, 2.24) is 0 Å². The molecule has 6 heteroatoms. The average molecular weight is 412 g/mol. The molecule has 0 heterocycles. The van der Waals surface area contributed by atoms with E-state index in [1.165, 1.54) is 17.7 Å². The Balaban J connectivity index is 1.79. The summed E-state index contributed by atoms with van der Waals surface area (Å²) in [5.74, 6) is 0.568. The number of rotatable bonds is 8. The van der Waals surface area contributed by atoms with Gasteiger partial charge in [0.25, 0.3) is 0 Å². The van der Waals surface area contributed by atoms with Crippen LogP contribution in [0.15, 0.2) is 71.6 Å². The first kappa shape index (κ1) is 20.7. The molecule has 3 aromatic rings. The Morgan fingerprint density at radius 2 is 1.62 bits per heavy atom. The van der Waals surface area contributed by atoms with Gasteiger partial charge in [-0.1, -0.05) is 35.9 Å². The Morgan fingerprint density at radius 3 is 2.31 bits per heavy atom. The predicted octanol–water partition coefficient (Wildman–Crippen LogP) is 5.08. The quantitative estimate of drug-likeness (QED) is 0.524. The molecule has 29 heavy (non-hydrogen) atoms. The van der Waals surface area contributed by atoms with Crippen LogP contribution in [-0.2, 0) is 16.7 Å². The lowest BCUT2D eigenvalue weighted by Gasteiger charge is -2.14. The van der Waals surface area contributed by atoms with E-state index in [1.807, 2.05) is 45.0 Å². The Hall–Kier alpha value is -2.99. The molecule has 0 atom stereocenters. The smallest absolute Gasteiger partial charge is 0.339 e. The summed E-state index contributed by atoms with van der Waals surface area (Å²) in [5, 5.41) is 3.36. The summed E-state index contributed by atoms with van der Waals surface area (Å²) >= 11 is 0. The lowest BCUT2D eigenvalue weighted by molar-refractivity contribution is 0.327. The average Bonchev–Trinajstić information content (AvgIpc) is 2.68. The maximum Gasteiger partial charge on any atom is 0.339 e. The van der Waals surface area contributed by atoms with Crippen LogP contribution in [0.2, 0.25) is 0 Å². The summed E-state index contributed by atoms with van der Waals surface area (Å²) in [5.41, 5.74) is 4.12. The highest BCUT2D eigenvalue weighted by Crippen LogP contribution is 2.31. The van der Waals surface area contributed by atoms with E-state index in [1.54, 1.807) is 24.3 Å². The van der Waals surface area contributed by atoms with Gasteiger partial charge in [0.1, 0.15) is 4.90 Å². The van der Waals surface area contributed by atoms with Crippen molar-refractivity contribution in [3.63, 3.8) is 0 Å². The van der Waals surface area contributed by atoms with E-state index in [4.69, 9.17) is 8.92 Å². The Bertz CT molecular complexity index is 1080. The van der Waals surface area contributed by atoms with Gasteiger partial charge in [-0.15, -0.1) is 0 Å². The lowest BCUT2D eigenvalue weighted by atomic mass is 10.2. The van der Waals surface area contributed by atoms with Gasteiger partial charge in [0, 0.05) is 12.2 Å². The van der Waals surface area contributed by atoms with Crippen LogP contribution in [0.5, 0.6) is 11.5 Å². The van der Waals surface area contributed by atoms with Gasteiger partial charge in [-0.3, -0.25) is 0 Å². The van der Waals surface area contributed by atoms with Crippen LogP contribution in [0.1, 0.15) is 23.6 Å². The van der Waals surface area contributed by atoms with E-state index < -0.39 is 10.1 Å². The molecule has 0 fully saturated rings. The van der Waals surface area contributed by atoms with Crippen molar-refractivity contribution < 1.29 is 17.3 Å². The van der Waals surface area contributed by atoms with Crippen molar-refractivity contribution in [3.05, 3.63) is 83.4 Å². The number of hydrogen-bond acceptors (Lipinski definition) is 5. The van der Waals surface area contributed by atoms with Gasteiger partial charge in [0.05, 0.1) is 6.61 Å². The maximum absolute atomic E-state index is 12.6. The van der Waals surface area contributed by atoms with Crippen molar-refractivity contribution in [1.29, 1.82) is 0 Å². The second-order valence-electron chi connectivity index (χ2n) is 6.79. The normalized spacial score (nSPS) is 11.1. The monoisotopic (exact) mass is 411 g/mol. The molecule has 0 saturated heterocycles. The zero-order valence-corrected chi connectivity index (χ0v) is 17.6. The van der Waals surface area contributed by atoms with Crippen LogP contribution < -0.4 is 14.2 Å². The summed E-state index contributed by atoms with van der Waals surface area (Å²) < 4.78 is 36.2. The van der Waals surface area contributed by atoms with Crippen molar-refractivity contribution >= 4 is 15.8 Å². The highest BCUT2D eigenvalue weighted by Gasteiger charge is 2.19. The van der Waals surface area contributed by atoms with Crippen LogP contribution in [0.3, 0.4) is 0 Å². The molecule has 3 aromatic carbocycles. The molecule has 0 amide bonds. The predicted molar refractivity (Wildman–Crippen MR) is 115 cm³/mol. The molecule has 5 nitrogen and oxygen atoms in total. The van der Waals surface area contributed by atoms with E-state index in [0.717, 1.165) is 16.8 Å². The fraction of sp³-hybridized carbons (Fsp3) is 0.217. The van der Waals surface area contributed by atoms with E-state index in [2.05, 4.69) is 11.4 Å². The fourth-order valence-corrected chi connectivity index (χ4v) is 3.77. The van der Waals surface area contributed by atoms with Crippen LogP contribution in [0, 0.1) is 13.8 Å². The van der Waals surface area contributed by atoms with Gasteiger partial charge in [-0.2, -0.15) is 8.42 Å². The first-order valence-corrected chi connectivity index (χ1v) is 10.9. The van der Waals surface area contributed by atoms with E-state index in [0.29, 0.717) is 18.9 Å². The second-order valence-corrected chi connectivity index (χ2v) is 8.33. The molecule has 152 valence electrons. The molecular weight excluding hydrogens is 386 g/mol. The summed E-state index contributed by atoms with van der Waals surface area (Å²) in [6, 6.07) is 19.9. The molecule has 1 N–H and O–H groups in total. The zero-order chi connectivity index (χ0) is 20.9. The molecule has 0 unspecified atom stereocenters. The van der Waals surface area contributed by atoms with Crippen LogP contribution in [0.25, 0.3) is 0 Å². The summed E-state index contributed by atoms with van der Waals surface area (Å²) in [6.45, 7) is 6.76. The summed E-state index contributed by atoms with van der Waals surface area (Å²) in [6.07, 6.45) is 0. The topological polar surface area (TPSA) is 64.6 Å². The van der Waals surface area contributed by atoms with Gasteiger partial charge >= 0.3 is 10.1 Å². The molecule has 3 rings (SSSR count). The number of nitrogens with one attached hydrogen (secondary N) is 1.